The van der Waals surface area contributed by atoms with Gasteiger partial charge in [0.1, 0.15) is 0 Å². The van der Waals surface area contributed by atoms with Crippen LogP contribution in [0.15, 0.2) is 0 Å². The van der Waals surface area contributed by atoms with E-state index in [0.29, 0.717) is 0 Å². The summed E-state index contributed by atoms with van der Waals surface area (Å²) in [7, 11) is -3.28. The highest BCUT2D eigenvalue weighted by Gasteiger charge is 2.46. The Morgan fingerprint density at radius 1 is 1.33 bits per heavy atom. The summed E-state index contributed by atoms with van der Waals surface area (Å²) in [4.78, 5) is 23.6. The molecule has 2 heterocycles. The van der Waals surface area contributed by atoms with Crippen molar-refractivity contribution in [2.75, 3.05) is 25.4 Å². The summed E-state index contributed by atoms with van der Waals surface area (Å²) in [5, 5.41) is 0. The summed E-state index contributed by atoms with van der Waals surface area (Å²) < 4.78 is 29.6. The number of nitrogens with zero attached hydrogens (tertiary/aromatic N) is 2. The quantitative estimate of drug-likeness (QED) is 0.700. The molecule has 2 rings (SSSR count). The lowest BCUT2D eigenvalue weighted by Gasteiger charge is -2.41. The van der Waals surface area contributed by atoms with Gasteiger partial charge in [-0.05, 0) is 5.92 Å². The van der Waals surface area contributed by atoms with Crippen molar-refractivity contribution < 1.29 is 22.7 Å². The van der Waals surface area contributed by atoms with E-state index in [2.05, 4.69) is 4.74 Å². The van der Waals surface area contributed by atoms with Gasteiger partial charge < -0.3 is 4.74 Å². The average Bonchev–Trinajstić information content (AvgIpc) is 2.44. The van der Waals surface area contributed by atoms with Crippen molar-refractivity contribution in [2.45, 2.75) is 19.9 Å². The van der Waals surface area contributed by atoms with E-state index in [4.69, 9.17) is 0 Å². The van der Waals surface area contributed by atoms with Crippen molar-refractivity contribution in [2.24, 2.45) is 5.92 Å². The monoisotopic (exact) mass is 276 g/mol. The van der Waals surface area contributed by atoms with Gasteiger partial charge in [0.05, 0.1) is 11.8 Å². The zero-order chi connectivity index (χ0) is 13.5. The van der Waals surface area contributed by atoms with Gasteiger partial charge in [0.2, 0.25) is 10.0 Å². The number of hydrogen-bond acceptors (Lipinski definition) is 5. The molecule has 0 radical (unpaired) electrons. The summed E-state index contributed by atoms with van der Waals surface area (Å²) in [6.45, 7) is 3.77. The SMILES string of the molecule is CC(C)CS(=O)(=O)N1CC(N2C(=O)COC2=O)C1. The van der Waals surface area contributed by atoms with Crippen molar-refractivity contribution in [1.29, 1.82) is 0 Å². The van der Waals surface area contributed by atoms with Crippen LogP contribution in [0.2, 0.25) is 0 Å². The van der Waals surface area contributed by atoms with Crippen LogP contribution in [0.1, 0.15) is 13.8 Å². The molecule has 2 aliphatic heterocycles. The molecule has 102 valence electrons. The Labute approximate surface area is 106 Å². The Morgan fingerprint density at radius 3 is 2.39 bits per heavy atom. The van der Waals surface area contributed by atoms with Crippen molar-refractivity contribution in [3.63, 3.8) is 0 Å². The molecule has 0 aromatic carbocycles. The van der Waals surface area contributed by atoms with Gasteiger partial charge >= 0.3 is 6.09 Å². The fraction of sp³-hybridized carbons (Fsp3) is 0.800. The van der Waals surface area contributed by atoms with Crippen molar-refractivity contribution >= 4 is 22.0 Å². The number of sulfonamides is 1. The summed E-state index contributed by atoms with van der Waals surface area (Å²) in [6, 6.07) is -0.380. The zero-order valence-corrected chi connectivity index (χ0v) is 11.1. The molecule has 0 unspecified atom stereocenters. The third kappa shape index (κ3) is 2.35. The number of carbonyl (C=O) groups is 2. The predicted octanol–water partition coefficient (Wildman–Crippen LogP) is -0.365. The first-order chi connectivity index (χ1) is 8.31. The van der Waals surface area contributed by atoms with Crippen LogP contribution in [0.5, 0.6) is 0 Å². The number of imide groups is 1. The Balaban J connectivity index is 1.95. The van der Waals surface area contributed by atoms with Gasteiger partial charge in [-0.25, -0.2) is 18.1 Å². The molecule has 2 aliphatic rings. The van der Waals surface area contributed by atoms with Gasteiger partial charge in [0.15, 0.2) is 6.61 Å². The molecule has 0 N–H and O–H groups in total. The van der Waals surface area contributed by atoms with E-state index < -0.39 is 22.0 Å². The minimum absolute atomic E-state index is 0.0485. The molecule has 8 heteroatoms. The van der Waals surface area contributed by atoms with Crippen LogP contribution in [0, 0.1) is 5.92 Å². The average molecular weight is 276 g/mol. The molecule has 2 saturated heterocycles. The highest BCUT2D eigenvalue weighted by atomic mass is 32.2. The van der Waals surface area contributed by atoms with Crippen LogP contribution >= 0.6 is 0 Å². The number of amides is 2. The van der Waals surface area contributed by atoms with Crippen LogP contribution in [0.25, 0.3) is 0 Å². The molecule has 0 aromatic heterocycles. The topological polar surface area (TPSA) is 84.0 Å². The van der Waals surface area contributed by atoms with E-state index in [-0.39, 0.29) is 37.4 Å². The van der Waals surface area contributed by atoms with E-state index in [0.717, 1.165) is 4.90 Å². The first kappa shape index (κ1) is 13.3. The van der Waals surface area contributed by atoms with Crippen LogP contribution < -0.4 is 0 Å². The molecule has 0 aromatic rings. The lowest BCUT2D eigenvalue weighted by molar-refractivity contribution is -0.128. The first-order valence-corrected chi connectivity index (χ1v) is 7.39. The van der Waals surface area contributed by atoms with Crippen molar-refractivity contribution in [3.8, 4) is 0 Å². The van der Waals surface area contributed by atoms with Gasteiger partial charge in [-0.2, -0.15) is 4.31 Å². The van der Waals surface area contributed by atoms with Crippen LogP contribution in [0.3, 0.4) is 0 Å². The maximum atomic E-state index is 11.9. The molecule has 0 spiro atoms. The molecule has 18 heavy (non-hydrogen) atoms. The van der Waals surface area contributed by atoms with E-state index in [1.54, 1.807) is 0 Å². The van der Waals surface area contributed by atoms with E-state index in [9.17, 15) is 18.0 Å². The Hall–Kier alpha value is -1.15. The molecule has 2 amide bonds. The van der Waals surface area contributed by atoms with Gasteiger partial charge in [0.25, 0.3) is 5.91 Å². The lowest BCUT2D eigenvalue weighted by atomic mass is 10.1. The fourth-order valence-corrected chi connectivity index (χ4v) is 3.90. The fourth-order valence-electron chi connectivity index (χ4n) is 2.05. The molecule has 0 atom stereocenters. The van der Waals surface area contributed by atoms with Gasteiger partial charge in [-0.3, -0.25) is 4.79 Å². The molecule has 2 fully saturated rings. The minimum Gasteiger partial charge on any atom is -0.439 e. The van der Waals surface area contributed by atoms with Crippen molar-refractivity contribution in [3.05, 3.63) is 0 Å². The maximum Gasteiger partial charge on any atom is 0.417 e. The summed E-state index contributed by atoms with van der Waals surface area (Å²) in [5.74, 6) is -0.267. The molecule has 0 aliphatic carbocycles. The van der Waals surface area contributed by atoms with E-state index >= 15 is 0 Å². The summed E-state index contributed by atoms with van der Waals surface area (Å²) >= 11 is 0. The number of carbonyl (C=O) groups excluding carboxylic acids is 2. The third-order valence-electron chi connectivity index (χ3n) is 2.92. The second kappa shape index (κ2) is 4.51. The lowest BCUT2D eigenvalue weighted by Crippen LogP contribution is -2.62. The van der Waals surface area contributed by atoms with Crippen LogP contribution in [-0.4, -0.2) is 61.1 Å². The maximum absolute atomic E-state index is 11.9. The number of ether oxygens (including phenoxy) is 1. The van der Waals surface area contributed by atoms with Crippen LogP contribution in [-0.2, 0) is 19.6 Å². The smallest absolute Gasteiger partial charge is 0.417 e. The first-order valence-electron chi connectivity index (χ1n) is 5.78. The second-order valence-electron chi connectivity index (χ2n) is 4.96. The predicted molar refractivity (Wildman–Crippen MR) is 62.2 cm³/mol. The Bertz CT molecular complexity index is 451. The molecule has 0 bridgehead atoms. The number of hydrogen-bond donors (Lipinski definition) is 0. The zero-order valence-electron chi connectivity index (χ0n) is 10.3. The van der Waals surface area contributed by atoms with Gasteiger partial charge in [0, 0.05) is 13.1 Å². The number of rotatable bonds is 4. The molecule has 7 nitrogen and oxygen atoms in total. The largest absolute Gasteiger partial charge is 0.439 e. The standard InChI is InChI=1S/C10H16N2O5S/c1-7(2)6-18(15,16)11-3-8(4-11)12-9(13)5-17-10(12)14/h7-8H,3-6H2,1-2H3. The van der Waals surface area contributed by atoms with E-state index in [1.807, 2.05) is 13.8 Å². The minimum atomic E-state index is -3.28. The highest BCUT2D eigenvalue weighted by molar-refractivity contribution is 7.89. The van der Waals surface area contributed by atoms with Crippen molar-refractivity contribution in [1.82, 2.24) is 9.21 Å². The number of cyclic esters (lactones) is 1. The summed E-state index contributed by atoms with van der Waals surface area (Å²) in [6.07, 6.45) is -0.675. The third-order valence-corrected chi connectivity index (χ3v) is 5.09. The second-order valence-corrected chi connectivity index (χ2v) is 6.98. The highest BCUT2D eigenvalue weighted by Crippen LogP contribution is 2.23. The van der Waals surface area contributed by atoms with Crippen LogP contribution in [0.4, 0.5) is 4.79 Å². The van der Waals surface area contributed by atoms with Gasteiger partial charge in [-0.1, -0.05) is 13.8 Å². The molecule has 0 saturated carbocycles. The Kier molecular flexibility index (Phi) is 3.33. The molecular weight excluding hydrogens is 260 g/mol. The normalized spacial score (nSPS) is 22.5. The van der Waals surface area contributed by atoms with Gasteiger partial charge in [-0.15, -0.1) is 0 Å². The molecular formula is C10H16N2O5S. The Morgan fingerprint density at radius 2 is 1.94 bits per heavy atom. The van der Waals surface area contributed by atoms with E-state index in [1.165, 1.54) is 4.31 Å². The summed E-state index contributed by atoms with van der Waals surface area (Å²) in [5.41, 5.74) is 0.